The molecule has 0 bridgehead atoms. The summed E-state index contributed by atoms with van der Waals surface area (Å²) in [5, 5.41) is 2.61. The van der Waals surface area contributed by atoms with Crippen molar-refractivity contribution >= 4 is 6.41 Å². The Labute approximate surface area is 58.7 Å². The third-order valence-corrected chi connectivity index (χ3v) is 0.965. The SMILES string of the molecule is C.C.CCC(C)NC=O. The lowest BCUT2D eigenvalue weighted by atomic mass is 10.3. The lowest BCUT2D eigenvalue weighted by molar-refractivity contribution is -0.110. The summed E-state index contributed by atoms with van der Waals surface area (Å²) in [6.07, 6.45) is 1.73. The molecule has 0 aliphatic heterocycles. The van der Waals surface area contributed by atoms with E-state index in [2.05, 4.69) is 5.32 Å². The monoisotopic (exact) mass is 133 g/mol. The molecule has 0 saturated carbocycles. The molecule has 1 unspecified atom stereocenters. The fourth-order valence-electron chi connectivity index (χ4n) is 0.234. The van der Waals surface area contributed by atoms with Crippen LogP contribution in [-0.2, 0) is 4.79 Å². The molecule has 1 atom stereocenters. The van der Waals surface area contributed by atoms with Crippen molar-refractivity contribution in [2.75, 3.05) is 0 Å². The van der Waals surface area contributed by atoms with Gasteiger partial charge in [-0.1, -0.05) is 21.8 Å². The molecule has 2 nitrogen and oxygen atoms in total. The molecule has 0 radical (unpaired) electrons. The molecule has 0 aliphatic rings. The highest BCUT2D eigenvalue weighted by Gasteiger charge is 1.89. The Hall–Kier alpha value is -0.530. The Morgan fingerprint density at radius 2 is 2.00 bits per heavy atom. The van der Waals surface area contributed by atoms with Crippen LogP contribution in [0.25, 0.3) is 0 Å². The van der Waals surface area contributed by atoms with Gasteiger partial charge >= 0.3 is 0 Å². The van der Waals surface area contributed by atoms with Gasteiger partial charge in [0, 0.05) is 6.04 Å². The molecule has 1 N–H and O–H groups in total. The predicted molar refractivity (Wildman–Crippen MR) is 42.4 cm³/mol. The van der Waals surface area contributed by atoms with E-state index in [-0.39, 0.29) is 14.9 Å². The van der Waals surface area contributed by atoms with Crippen molar-refractivity contribution < 1.29 is 4.79 Å². The van der Waals surface area contributed by atoms with Crippen LogP contribution in [0.4, 0.5) is 0 Å². The van der Waals surface area contributed by atoms with Crippen molar-refractivity contribution in [2.24, 2.45) is 0 Å². The van der Waals surface area contributed by atoms with Crippen molar-refractivity contribution in [1.29, 1.82) is 0 Å². The van der Waals surface area contributed by atoms with Gasteiger partial charge in [0.15, 0.2) is 0 Å². The molecule has 0 spiro atoms. The van der Waals surface area contributed by atoms with E-state index >= 15 is 0 Å². The van der Waals surface area contributed by atoms with Crippen LogP contribution in [0.5, 0.6) is 0 Å². The third kappa shape index (κ3) is 11.2. The standard InChI is InChI=1S/C5H11NO.2CH4/c1-3-5(2)6-4-7;;/h4-5H,3H2,1-2H3,(H,6,7);2*1H4. The number of hydrogen-bond donors (Lipinski definition) is 1. The first kappa shape index (κ1) is 15.8. The molecule has 0 heterocycles. The Balaban J connectivity index is -0.000000180. The molecule has 0 aromatic carbocycles. The van der Waals surface area contributed by atoms with Crippen LogP contribution in [0, 0.1) is 0 Å². The summed E-state index contributed by atoms with van der Waals surface area (Å²) in [6.45, 7) is 4.00. The van der Waals surface area contributed by atoms with Gasteiger partial charge in [0.1, 0.15) is 0 Å². The quantitative estimate of drug-likeness (QED) is 0.584. The van der Waals surface area contributed by atoms with Crippen LogP contribution >= 0.6 is 0 Å². The average Bonchev–Trinajstić information content (AvgIpc) is 1.68. The Kier molecular flexibility index (Phi) is 18.3. The Morgan fingerprint density at radius 3 is 2.11 bits per heavy atom. The number of rotatable bonds is 3. The normalized spacial score (nSPS) is 10.0. The molecule has 0 saturated heterocycles. The molecule has 0 rings (SSSR count). The maximum Gasteiger partial charge on any atom is 0.207 e. The van der Waals surface area contributed by atoms with E-state index in [1.54, 1.807) is 0 Å². The molecule has 1 amide bonds. The molecule has 2 heteroatoms. The van der Waals surface area contributed by atoms with Crippen LogP contribution in [0.3, 0.4) is 0 Å². The number of amides is 1. The van der Waals surface area contributed by atoms with Gasteiger partial charge in [0.05, 0.1) is 0 Å². The first-order valence-electron chi connectivity index (χ1n) is 2.51. The highest BCUT2D eigenvalue weighted by atomic mass is 16.1. The van der Waals surface area contributed by atoms with Crippen molar-refractivity contribution in [3.63, 3.8) is 0 Å². The van der Waals surface area contributed by atoms with Crippen LogP contribution in [-0.4, -0.2) is 12.5 Å². The predicted octanol–water partition coefficient (Wildman–Crippen LogP) is 1.80. The maximum absolute atomic E-state index is 9.66. The summed E-state index contributed by atoms with van der Waals surface area (Å²) in [7, 11) is 0. The Morgan fingerprint density at radius 1 is 1.56 bits per heavy atom. The second kappa shape index (κ2) is 10.5. The minimum atomic E-state index is 0. The summed E-state index contributed by atoms with van der Waals surface area (Å²) in [4.78, 5) is 9.66. The second-order valence-electron chi connectivity index (χ2n) is 1.59. The average molecular weight is 133 g/mol. The minimum Gasteiger partial charge on any atom is -0.356 e. The molecular weight excluding hydrogens is 114 g/mol. The zero-order chi connectivity index (χ0) is 5.70. The summed E-state index contributed by atoms with van der Waals surface area (Å²) in [6, 6.07) is 0.331. The highest BCUT2D eigenvalue weighted by molar-refractivity contribution is 5.46. The van der Waals surface area contributed by atoms with Crippen LogP contribution < -0.4 is 5.32 Å². The van der Waals surface area contributed by atoms with Gasteiger partial charge < -0.3 is 5.32 Å². The van der Waals surface area contributed by atoms with Crippen LogP contribution in [0.15, 0.2) is 0 Å². The smallest absolute Gasteiger partial charge is 0.207 e. The maximum atomic E-state index is 9.66. The van der Waals surface area contributed by atoms with Gasteiger partial charge in [-0.2, -0.15) is 0 Å². The fourth-order valence-corrected chi connectivity index (χ4v) is 0.234. The molecular formula is C7H19NO. The number of carbonyl (C=O) groups excluding carboxylic acids is 1. The molecule has 0 aromatic rings. The zero-order valence-electron chi connectivity index (χ0n) is 4.77. The van der Waals surface area contributed by atoms with Gasteiger partial charge in [-0.25, -0.2) is 0 Å². The van der Waals surface area contributed by atoms with E-state index in [0.29, 0.717) is 6.04 Å². The van der Waals surface area contributed by atoms with E-state index in [1.807, 2.05) is 13.8 Å². The summed E-state index contributed by atoms with van der Waals surface area (Å²) in [5.74, 6) is 0. The van der Waals surface area contributed by atoms with Crippen molar-refractivity contribution in [1.82, 2.24) is 5.32 Å². The van der Waals surface area contributed by atoms with Crippen molar-refractivity contribution in [2.45, 2.75) is 41.2 Å². The van der Waals surface area contributed by atoms with E-state index in [1.165, 1.54) is 0 Å². The number of carbonyl (C=O) groups is 1. The van der Waals surface area contributed by atoms with Crippen LogP contribution in [0.2, 0.25) is 0 Å². The molecule has 0 aliphatic carbocycles. The largest absolute Gasteiger partial charge is 0.356 e. The lowest BCUT2D eigenvalue weighted by Crippen LogP contribution is -2.22. The number of nitrogens with one attached hydrogen (secondary N) is 1. The van der Waals surface area contributed by atoms with Gasteiger partial charge in [-0.3, -0.25) is 4.79 Å². The molecule has 0 fully saturated rings. The van der Waals surface area contributed by atoms with Gasteiger partial charge in [0.25, 0.3) is 0 Å². The van der Waals surface area contributed by atoms with Gasteiger partial charge in [-0.15, -0.1) is 0 Å². The molecule has 9 heavy (non-hydrogen) atoms. The third-order valence-electron chi connectivity index (χ3n) is 0.965. The fraction of sp³-hybridized carbons (Fsp3) is 0.857. The van der Waals surface area contributed by atoms with Crippen molar-refractivity contribution in [3.8, 4) is 0 Å². The summed E-state index contributed by atoms with van der Waals surface area (Å²) < 4.78 is 0. The summed E-state index contributed by atoms with van der Waals surface area (Å²) >= 11 is 0. The van der Waals surface area contributed by atoms with E-state index in [9.17, 15) is 4.79 Å². The van der Waals surface area contributed by atoms with E-state index in [0.717, 1.165) is 12.8 Å². The van der Waals surface area contributed by atoms with Gasteiger partial charge in [-0.05, 0) is 13.3 Å². The van der Waals surface area contributed by atoms with E-state index < -0.39 is 0 Å². The first-order chi connectivity index (χ1) is 3.31. The second-order valence-corrected chi connectivity index (χ2v) is 1.59. The summed E-state index contributed by atoms with van der Waals surface area (Å²) in [5.41, 5.74) is 0. The van der Waals surface area contributed by atoms with Crippen LogP contribution in [0.1, 0.15) is 35.1 Å². The Bertz CT molecular complexity index is 54.9. The lowest BCUT2D eigenvalue weighted by Gasteiger charge is -2.02. The van der Waals surface area contributed by atoms with Crippen molar-refractivity contribution in [3.05, 3.63) is 0 Å². The van der Waals surface area contributed by atoms with E-state index in [4.69, 9.17) is 0 Å². The number of hydrogen-bond acceptors (Lipinski definition) is 1. The highest BCUT2D eigenvalue weighted by Crippen LogP contribution is 1.82. The zero-order valence-corrected chi connectivity index (χ0v) is 4.77. The molecule has 58 valence electrons. The van der Waals surface area contributed by atoms with Gasteiger partial charge in [0.2, 0.25) is 6.41 Å². The topological polar surface area (TPSA) is 29.1 Å². The molecule has 0 aromatic heterocycles. The first-order valence-corrected chi connectivity index (χ1v) is 2.51. The minimum absolute atomic E-state index is 0.